The van der Waals surface area contributed by atoms with E-state index in [9.17, 15) is 14.4 Å². The van der Waals surface area contributed by atoms with Crippen LogP contribution in [0.2, 0.25) is 0 Å². The molecule has 4 bridgehead atoms. The second kappa shape index (κ2) is 5.41. The van der Waals surface area contributed by atoms with E-state index in [2.05, 4.69) is 5.32 Å². The van der Waals surface area contributed by atoms with E-state index in [1.54, 1.807) is 17.0 Å². The quantitative estimate of drug-likeness (QED) is 0.851. The molecule has 5 aliphatic rings. The van der Waals surface area contributed by atoms with E-state index in [1.165, 1.54) is 0 Å². The number of nitrogens with zero attached hydrogens (tertiary/aromatic N) is 1. The van der Waals surface area contributed by atoms with Crippen LogP contribution in [0.5, 0.6) is 0 Å². The van der Waals surface area contributed by atoms with Crippen LogP contribution in [0, 0.1) is 17.8 Å². The standard InChI is InChI=1S/C21H24N2O3/c1-2-17(24)22-21-9-12-7-13(10-21)18(14(8-12)11-21)23-19(25)15-5-3-4-6-16(15)20(23)26/h3-6,12-14,18H,2,7-11H2,1H3,(H,22,24)/t12?,13?,14?,18-,21-. The number of rotatable bonds is 3. The van der Waals surface area contributed by atoms with E-state index in [0.29, 0.717) is 35.3 Å². The number of nitrogens with one attached hydrogen (secondary N) is 1. The van der Waals surface area contributed by atoms with Crippen LogP contribution in [0.25, 0.3) is 0 Å². The minimum atomic E-state index is -0.130. The SMILES string of the molecule is CCC(=O)N[C@]12CC3CC(C1)[C@@H](N1C(=O)c4ccccc4C1=O)C(C3)C2. The molecule has 1 aliphatic heterocycles. The molecule has 6 rings (SSSR count). The Morgan fingerprint density at radius 3 is 2.19 bits per heavy atom. The average molecular weight is 352 g/mol. The van der Waals surface area contributed by atoms with E-state index < -0.39 is 0 Å². The molecule has 0 spiro atoms. The van der Waals surface area contributed by atoms with Crippen molar-refractivity contribution >= 4 is 17.7 Å². The highest BCUT2D eigenvalue weighted by atomic mass is 16.2. The van der Waals surface area contributed by atoms with Crippen molar-refractivity contribution in [3.8, 4) is 0 Å². The van der Waals surface area contributed by atoms with Gasteiger partial charge >= 0.3 is 0 Å². The molecule has 1 N–H and O–H groups in total. The summed E-state index contributed by atoms with van der Waals surface area (Å²) in [6, 6.07) is 7.15. The lowest BCUT2D eigenvalue weighted by atomic mass is 9.50. The van der Waals surface area contributed by atoms with Crippen molar-refractivity contribution in [1.82, 2.24) is 10.2 Å². The van der Waals surface area contributed by atoms with Gasteiger partial charge < -0.3 is 5.32 Å². The van der Waals surface area contributed by atoms with Crippen LogP contribution in [0.1, 0.15) is 66.2 Å². The molecule has 1 heterocycles. The lowest BCUT2D eigenvalue weighted by Gasteiger charge is -2.61. The number of imide groups is 1. The summed E-state index contributed by atoms with van der Waals surface area (Å²) in [5, 5.41) is 3.30. The van der Waals surface area contributed by atoms with Crippen LogP contribution >= 0.6 is 0 Å². The molecule has 5 heteroatoms. The van der Waals surface area contributed by atoms with Crippen molar-refractivity contribution in [3.63, 3.8) is 0 Å². The first kappa shape index (κ1) is 16.0. The van der Waals surface area contributed by atoms with E-state index in [-0.39, 0.29) is 29.3 Å². The fourth-order valence-corrected chi connectivity index (χ4v) is 6.43. The Bertz CT molecular complexity index is 766. The van der Waals surface area contributed by atoms with E-state index in [0.717, 1.165) is 32.1 Å². The van der Waals surface area contributed by atoms with Crippen molar-refractivity contribution in [2.75, 3.05) is 0 Å². The first-order valence-electron chi connectivity index (χ1n) is 9.79. The lowest BCUT2D eigenvalue weighted by Crippen LogP contribution is -2.67. The molecule has 0 radical (unpaired) electrons. The van der Waals surface area contributed by atoms with Gasteiger partial charge in [0.15, 0.2) is 0 Å². The molecule has 136 valence electrons. The molecule has 3 amide bonds. The van der Waals surface area contributed by atoms with Gasteiger partial charge in [-0.1, -0.05) is 19.1 Å². The van der Waals surface area contributed by atoms with Crippen molar-refractivity contribution in [1.29, 1.82) is 0 Å². The molecule has 4 fully saturated rings. The molecule has 26 heavy (non-hydrogen) atoms. The molecule has 1 aromatic rings. The first-order valence-corrected chi connectivity index (χ1v) is 9.79. The van der Waals surface area contributed by atoms with Gasteiger partial charge in [-0.05, 0) is 62.0 Å². The topological polar surface area (TPSA) is 66.5 Å². The number of hydrogen-bond acceptors (Lipinski definition) is 3. The summed E-state index contributed by atoms with van der Waals surface area (Å²) in [6.07, 6.45) is 5.48. The third kappa shape index (κ3) is 2.12. The Hall–Kier alpha value is -2.17. The normalized spacial score (nSPS) is 37.2. The van der Waals surface area contributed by atoms with E-state index in [1.807, 2.05) is 19.1 Å². The van der Waals surface area contributed by atoms with Crippen molar-refractivity contribution < 1.29 is 14.4 Å². The van der Waals surface area contributed by atoms with Crippen molar-refractivity contribution in [3.05, 3.63) is 35.4 Å². The fraction of sp³-hybridized carbons (Fsp3) is 0.571. The number of benzene rings is 1. The highest BCUT2D eigenvalue weighted by Crippen LogP contribution is 2.57. The summed E-state index contributed by atoms with van der Waals surface area (Å²) in [4.78, 5) is 39.6. The number of amides is 3. The highest BCUT2D eigenvalue weighted by Gasteiger charge is 2.59. The van der Waals surface area contributed by atoms with E-state index >= 15 is 0 Å². The lowest BCUT2D eigenvalue weighted by molar-refractivity contribution is -0.129. The third-order valence-corrected chi connectivity index (χ3v) is 7.07. The van der Waals surface area contributed by atoms with Crippen molar-refractivity contribution in [2.45, 2.75) is 57.0 Å². The number of fused-ring (bicyclic) bond motifs is 1. The first-order chi connectivity index (χ1) is 12.5. The summed E-state index contributed by atoms with van der Waals surface area (Å²) >= 11 is 0. The maximum absolute atomic E-state index is 13.0. The molecule has 2 atom stereocenters. The molecule has 0 saturated heterocycles. The second-order valence-corrected chi connectivity index (χ2v) is 8.67. The fourth-order valence-electron chi connectivity index (χ4n) is 6.43. The molecular weight excluding hydrogens is 328 g/mol. The van der Waals surface area contributed by atoms with Crippen LogP contribution in [0.4, 0.5) is 0 Å². The summed E-state index contributed by atoms with van der Waals surface area (Å²) in [7, 11) is 0. The number of carbonyl (C=O) groups excluding carboxylic acids is 3. The predicted molar refractivity (Wildman–Crippen MR) is 95.4 cm³/mol. The van der Waals surface area contributed by atoms with Crippen molar-refractivity contribution in [2.24, 2.45) is 17.8 Å². The predicted octanol–water partition coefficient (Wildman–Crippen LogP) is 2.76. The van der Waals surface area contributed by atoms with E-state index in [4.69, 9.17) is 0 Å². The Kier molecular flexibility index (Phi) is 3.34. The summed E-state index contributed by atoms with van der Waals surface area (Å²) in [6.45, 7) is 1.89. The minimum Gasteiger partial charge on any atom is -0.351 e. The summed E-state index contributed by atoms with van der Waals surface area (Å²) in [5.74, 6) is 1.07. The maximum atomic E-state index is 13.0. The molecule has 2 unspecified atom stereocenters. The van der Waals surface area contributed by atoms with Crippen LogP contribution < -0.4 is 5.32 Å². The maximum Gasteiger partial charge on any atom is 0.261 e. The third-order valence-electron chi connectivity index (χ3n) is 7.07. The Morgan fingerprint density at radius 2 is 1.65 bits per heavy atom. The van der Waals surface area contributed by atoms with Gasteiger partial charge in [0.2, 0.25) is 5.91 Å². The minimum absolute atomic E-state index is 0.00870. The molecule has 0 aromatic heterocycles. The van der Waals surface area contributed by atoms with Gasteiger partial charge in [-0.3, -0.25) is 19.3 Å². The van der Waals surface area contributed by atoms with Gasteiger partial charge in [0.25, 0.3) is 11.8 Å². The van der Waals surface area contributed by atoms with Crippen LogP contribution in [0.15, 0.2) is 24.3 Å². The van der Waals surface area contributed by atoms with Gasteiger partial charge in [0, 0.05) is 18.0 Å². The largest absolute Gasteiger partial charge is 0.351 e. The average Bonchev–Trinajstić information content (AvgIpc) is 2.86. The number of hydrogen-bond donors (Lipinski definition) is 1. The second-order valence-electron chi connectivity index (χ2n) is 8.67. The Labute approximate surface area is 153 Å². The molecular formula is C21H24N2O3. The zero-order chi connectivity index (χ0) is 18.1. The van der Waals surface area contributed by atoms with Gasteiger partial charge in [-0.15, -0.1) is 0 Å². The summed E-state index contributed by atoms with van der Waals surface area (Å²) in [5.41, 5.74) is 0.972. The van der Waals surface area contributed by atoms with Gasteiger partial charge in [0.1, 0.15) is 0 Å². The smallest absolute Gasteiger partial charge is 0.261 e. The molecule has 5 nitrogen and oxygen atoms in total. The van der Waals surface area contributed by atoms with Crippen LogP contribution in [-0.4, -0.2) is 34.2 Å². The zero-order valence-corrected chi connectivity index (χ0v) is 15.0. The van der Waals surface area contributed by atoms with Crippen LogP contribution in [0.3, 0.4) is 0 Å². The number of carbonyl (C=O) groups is 3. The molecule has 1 aromatic carbocycles. The highest BCUT2D eigenvalue weighted by molar-refractivity contribution is 6.21. The zero-order valence-electron chi connectivity index (χ0n) is 15.0. The Balaban J connectivity index is 1.46. The van der Waals surface area contributed by atoms with Gasteiger partial charge in [-0.2, -0.15) is 0 Å². The van der Waals surface area contributed by atoms with Gasteiger partial charge in [-0.25, -0.2) is 0 Å². The Morgan fingerprint density at radius 1 is 1.08 bits per heavy atom. The summed E-state index contributed by atoms with van der Waals surface area (Å²) < 4.78 is 0. The molecule has 4 aliphatic carbocycles. The molecule has 4 saturated carbocycles. The van der Waals surface area contributed by atoms with Gasteiger partial charge in [0.05, 0.1) is 11.1 Å². The van der Waals surface area contributed by atoms with Crippen LogP contribution in [-0.2, 0) is 4.79 Å². The monoisotopic (exact) mass is 352 g/mol.